The zero-order valence-electron chi connectivity index (χ0n) is 6.25. The van der Waals surface area contributed by atoms with Gasteiger partial charge in [0.1, 0.15) is 6.10 Å². The first-order valence-electron chi connectivity index (χ1n) is 3.70. The number of carbonyl (C=O) groups excluding carboxylic acids is 1. The molecule has 1 fully saturated rings. The Bertz CT molecular complexity index is 308. The normalized spacial score (nSPS) is 22.8. The Hall–Kier alpha value is -0.540. The van der Waals surface area contributed by atoms with Gasteiger partial charge in [-0.25, -0.2) is 0 Å². The molecular weight excluding hydrogens is 196 g/mol. The van der Waals surface area contributed by atoms with E-state index in [2.05, 4.69) is 0 Å². The Labute approximate surface area is 79.1 Å². The summed E-state index contributed by atoms with van der Waals surface area (Å²) in [5, 5.41) is 0. The maximum Gasteiger partial charge on any atom is 0.306 e. The van der Waals surface area contributed by atoms with Crippen LogP contribution in [0.1, 0.15) is 23.8 Å². The van der Waals surface area contributed by atoms with Crippen LogP contribution in [-0.2, 0) is 9.53 Å². The molecule has 0 spiro atoms. The fourth-order valence-corrected chi connectivity index (χ4v) is 2.35. The van der Waals surface area contributed by atoms with E-state index >= 15 is 0 Å². The minimum Gasteiger partial charge on any atom is -0.457 e. The Balaban J connectivity index is 2.15. The molecule has 0 aliphatic carbocycles. The molecule has 2 heterocycles. The van der Waals surface area contributed by atoms with Crippen LogP contribution < -0.4 is 0 Å². The van der Waals surface area contributed by atoms with Crippen LogP contribution in [0.4, 0.5) is 0 Å². The highest BCUT2D eigenvalue weighted by Gasteiger charge is 2.25. The third kappa shape index (κ3) is 1.47. The molecule has 2 nitrogen and oxygen atoms in total. The van der Waals surface area contributed by atoms with Gasteiger partial charge in [0, 0.05) is 11.3 Å². The molecule has 0 bridgehead atoms. The smallest absolute Gasteiger partial charge is 0.306 e. The fraction of sp³-hybridized carbons (Fsp3) is 0.375. The SMILES string of the molecule is O=C1CCC(c2ccc(Cl)s2)O1. The molecule has 0 N–H and O–H groups in total. The van der Waals surface area contributed by atoms with Crippen LogP contribution in [0, 0.1) is 0 Å². The Morgan fingerprint density at radius 1 is 1.58 bits per heavy atom. The molecule has 1 aromatic rings. The third-order valence-electron chi connectivity index (χ3n) is 1.80. The third-order valence-corrected chi connectivity index (χ3v) is 3.12. The zero-order chi connectivity index (χ0) is 8.55. The van der Waals surface area contributed by atoms with E-state index in [4.69, 9.17) is 16.3 Å². The number of carbonyl (C=O) groups is 1. The average Bonchev–Trinajstić information content (AvgIpc) is 2.58. The lowest BCUT2D eigenvalue weighted by Crippen LogP contribution is -1.95. The minimum atomic E-state index is -0.107. The molecule has 0 radical (unpaired) electrons. The van der Waals surface area contributed by atoms with Gasteiger partial charge in [-0.05, 0) is 18.6 Å². The van der Waals surface area contributed by atoms with Gasteiger partial charge in [-0.2, -0.15) is 0 Å². The summed E-state index contributed by atoms with van der Waals surface area (Å²) < 4.78 is 5.82. The van der Waals surface area contributed by atoms with E-state index in [-0.39, 0.29) is 12.1 Å². The van der Waals surface area contributed by atoms with Crippen molar-refractivity contribution in [2.45, 2.75) is 18.9 Å². The maximum absolute atomic E-state index is 10.8. The maximum atomic E-state index is 10.8. The van der Waals surface area contributed by atoms with Gasteiger partial charge in [0.15, 0.2) is 0 Å². The van der Waals surface area contributed by atoms with Crippen molar-refractivity contribution in [2.24, 2.45) is 0 Å². The topological polar surface area (TPSA) is 26.3 Å². The number of cyclic esters (lactones) is 1. The van der Waals surface area contributed by atoms with Gasteiger partial charge in [-0.1, -0.05) is 11.6 Å². The standard InChI is InChI=1S/C8H7ClO2S/c9-7-3-2-6(12-7)5-1-4-8(10)11-5/h2-3,5H,1,4H2. The molecule has 1 saturated heterocycles. The van der Waals surface area contributed by atoms with Crippen LogP contribution in [0.2, 0.25) is 4.34 Å². The van der Waals surface area contributed by atoms with E-state index in [1.165, 1.54) is 11.3 Å². The predicted octanol–water partition coefficient (Wildman–Crippen LogP) is 2.78. The Morgan fingerprint density at radius 2 is 2.42 bits per heavy atom. The summed E-state index contributed by atoms with van der Waals surface area (Å²) in [5.41, 5.74) is 0. The molecule has 1 aromatic heterocycles. The zero-order valence-corrected chi connectivity index (χ0v) is 7.82. The monoisotopic (exact) mass is 202 g/mol. The lowest BCUT2D eigenvalue weighted by atomic mass is 10.2. The van der Waals surface area contributed by atoms with Crippen LogP contribution in [0.3, 0.4) is 0 Å². The van der Waals surface area contributed by atoms with Crippen molar-refractivity contribution in [2.75, 3.05) is 0 Å². The van der Waals surface area contributed by atoms with Gasteiger partial charge in [0.05, 0.1) is 4.34 Å². The lowest BCUT2D eigenvalue weighted by Gasteiger charge is -2.04. The molecule has 12 heavy (non-hydrogen) atoms. The number of rotatable bonds is 1. The summed E-state index contributed by atoms with van der Waals surface area (Å²) in [4.78, 5) is 11.8. The highest BCUT2D eigenvalue weighted by atomic mass is 35.5. The quantitative estimate of drug-likeness (QED) is 0.655. The predicted molar refractivity (Wildman–Crippen MR) is 47.4 cm³/mol. The molecular formula is C8H7ClO2S. The molecule has 2 rings (SSSR count). The highest BCUT2D eigenvalue weighted by Crippen LogP contribution is 2.35. The first-order valence-corrected chi connectivity index (χ1v) is 4.90. The lowest BCUT2D eigenvalue weighted by molar-refractivity contribution is -0.141. The molecule has 1 unspecified atom stereocenters. The number of hydrogen-bond acceptors (Lipinski definition) is 3. The Morgan fingerprint density at radius 3 is 2.92 bits per heavy atom. The van der Waals surface area contributed by atoms with Crippen molar-refractivity contribution < 1.29 is 9.53 Å². The molecule has 0 aromatic carbocycles. The van der Waals surface area contributed by atoms with E-state index in [0.717, 1.165) is 15.6 Å². The summed E-state index contributed by atoms with van der Waals surface area (Å²) in [6.07, 6.45) is 1.27. The van der Waals surface area contributed by atoms with Crippen molar-refractivity contribution >= 4 is 28.9 Å². The molecule has 64 valence electrons. The van der Waals surface area contributed by atoms with Gasteiger partial charge in [0.2, 0.25) is 0 Å². The first kappa shape index (κ1) is 8.08. The highest BCUT2D eigenvalue weighted by molar-refractivity contribution is 7.16. The minimum absolute atomic E-state index is 0.0463. The van der Waals surface area contributed by atoms with Gasteiger partial charge < -0.3 is 4.74 Å². The first-order chi connectivity index (χ1) is 5.75. The number of hydrogen-bond donors (Lipinski definition) is 0. The summed E-state index contributed by atoms with van der Waals surface area (Å²) in [6.45, 7) is 0. The van der Waals surface area contributed by atoms with Crippen LogP contribution in [-0.4, -0.2) is 5.97 Å². The average molecular weight is 203 g/mol. The van der Waals surface area contributed by atoms with Gasteiger partial charge in [-0.15, -0.1) is 11.3 Å². The molecule has 1 atom stereocenters. The second kappa shape index (κ2) is 3.07. The molecule has 0 saturated carbocycles. The van der Waals surface area contributed by atoms with Crippen LogP contribution >= 0.6 is 22.9 Å². The molecule has 1 aliphatic heterocycles. The van der Waals surface area contributed by atoms with Crippen molar-refractivity contribution in [3.05, 3.63) is 21.3 Å². The number of esters is 1. The largest absolute Gasteiger partial charge is 0.457 e. The van der Waals surface area contributed by atoms with Gasteiger partial charge >= 0.3 is 5.97 Å². The van der Waals surface area contributed by atoms with Crippen molar-refractivity contribution in [3.8, 4) is 0 Å². The van der Waals surface area contributed by atoms with Crippen LogP contribution in [0.15, 0.2) is 12.1 Å². The van der Waals surface area contributed by atoms with E-state index < -0.39 is 0 Å². The molecule has 1 aliphatic rings. The van der Waals surface area contributed by atoms with Crippen LogP contribution in [0.25, 0.3) is 0 Å². The van der Waals surface area contributed by atoms with Crippen LogP contribution in [0.5, 0.6) is 0 Å². The van der Waals surface area contributed by atoms with Crippen molar-refractivity contribution in [1.82, 2.24) is 0 Å². The second-order valence-electron chi connectivity index (χ2n) is 2.66. The number of thiophene rings is 1. The number of ether oxygens (including phenoxy) is 1. The summed E-state index contributed by atoms with van der Waals surface area (Å²) in [6, 6.07) is 3.74. The van der Waals surface area contributed by atoms with Crippen molar-refractivity contribution in [1.29, 1.82) is 0 Å². The van der Waals surface area contributed by atoms with Gasteiger partial charge in [0.25, 0.3) is 0 Å². The summed E-state index contributed by atoms with van der Waals surface area (Å²) >= 11 is 7.23. The van der Waals surface area contributed by atoms with Gasteiger partial charge in [-0.3, -0.25) is 4.79 Å². The Kier molecular flexibility index (Phi) is 2.07. The van der Waals surface area contributed by atoms with E-state index in [1.54, 1.807) is 0 Å². The van der Waals surface area contributed by atoms with E-state index in [1.807, 2.05) is 12.1 Å². The summed E-state index contributed by atoms with van der Waals surface area (Å²) in [7, 11) is 0. The van der Waals surface area contributed by atoms with E-state index in [0.29, 0.717) is 6.42 Å². The van der Waals surface area contributed by atoms with E-state index in [9.17, 15) is 4.79 Å². The summed E-state index contributed by atoms with van der Waals surface area (Å²) in [5.74, 6) is -0.107. The number of halogens is 1. The molecule has 4 heteroatoms. The second-order valence-corrected chi connectivity index (χ2v) is 4.41. The molecule has 0 amide bonds. The van der Waals surface area contributed by atoms with Crippen molar-refractivity contribution in [3.63, 3.8) is 0 Å². The fourth-order valence-electron chi connectivity index (χ4n) is 1.23.